The SMILES string of the molecule is COc1cc2c(N3CCCN(S(=O)O)CC3)ncnc2cc1OC(N)=O. The molecule has 2 aromatic rings. The van der Waals surface area contributed by atoms with Gasteiger partial charge in [0, 0.05) is 37.6 Å². The molecule has 0 bridgehead atoms. The van der Waals surface area contributed by atoms with Crippen molar-refractivity contribution < 1.29 is 23.0 Å². The Balaban J connectivity index is 1.98. The Morgan fingerprint density at radius 3 is 2.73 bits per heavy atom. The molecule has 140 valence electrons. The number of carbonyl (C=O) groups excluding carboxylic acids is 1. The number of rotatable bonds is 4. The zero-order valence-electron chi connectivity index (χ0n) is 14.1. The van der Waals surface area contributed by atoms with Gasteiger partial charge in [0.15, 0.2) is 11.5 Å². The number of amides is 1. The van der Waals surface area contributed by atoms with Crippen LogP contribution in [0, 0.1) is 0 Å². The van der Waals surface area contributed by atoms with E-state index in [-0.39, 0.29) is 5.75 Å². The molecule has 1 atom stereocenters. The molecule has 0 saturated carbocycles. The van der Waals surface area contributed by atoms with Crippen LogP contribution >= 0.6 is 0 Å². The molecular weight excluding hydrogens is 362 g/mol. The van der Waals surface area contributed by atoms with Gasteiger partial charge in [0.05, 0.1) is 12.6 Å². The lowest BCUT2D eigenvalue weighted by molar-refractivity contribution is 0.209. The Kier molecular flexibility index (Phi) is 5.49. The van der Waals surface area contributed by atoms with Crippen molar-refractivity contribution in [3.05, 3.63) is 18.5 Å². The minimum absolute atomic E-state index is 0.176. The van der Waals surface area contributed by atoms with Gasteiger partial charge in [-0.25, -0.2) is 19.0 Å². The van der Waals surface area contributed by atoms with Crippen molar-refractivity contribution in [2.45, 2.75) is 6.42 Å². The number of nitrogens with two attached hydrogens (primary N) is 1. The van der Waals surface area contributed by atoms with Gasteiger partial charge in [-0.1, -0.05) is 0 Å². The van der Waals surface area contributed by atoms with Gasteiger partial charge >= 0.3 is 6.09 Å². The number of primary amides is 1. The van der Waals surface area contributed by atoms with Crippen LogP contribution in [0.5, 0.6) is 11.5 Å². The van der Waals surface area contributed by atoms with E-state index in [1.165, 1.54) is 17.7 Å². The van der Waals surface area contributed by atoms with Crippen molar-refractivity contribution in [2.75, 3.05) is 38.2 Å². The van der Waals surface area contributed by atoms with Gasteiger partial charge in [0.25, 0.3) is 0 Å². The topological polar surface area (TPSA) is 131 Å². The highest BCUT2D eigenvalue weighted by atomic mass is 32.2. The summed E-state index contributed by atoms with van der Waals surface area (Å²) in [4.78, 5) is 21.7. The predicted molar refractivity (Wildman–Crippen MR) is 95.5 cm³/mol. The van der Waals surface area contributed by atoms with E-state index in [9.17, 15) is 13.6 Å². The Morgan fingerprint density at radius 1 is 1.23 bits per heavy atom. The first-order valence-corrected chi connectivity index (χ1v) is 8.97. The third-order valence-electron chi connectivity index (χ3n) is 4.09. The zero-order valence-corrected chi connectivity index (χ0v) is 14.9. The number of fused-ring (bicyclic) bond motifs is 1. The van der Waals surface area contributed by atoms with Crippen molar-refractivity contribution >= 4 is 34.1 Å². The summed E-state index contributed by atoms with van der Waals surface area (Å²) in [5.74, 6) is 1.19. The van der Waals surface area contributed by atoms with Crippen molar-refractivity contribution in [3.63, 3.8) is 0 Å². The van der Waals surface area contributed by atoms with Crippen molar-refractivity contribution in [1.29, 1.82) is 0 Å². The number of hydrogen-bond acceptors (Lipinski definition) is 7. The molecule has 1 aromatic carbocycles. The fraction of sp³-hybridized carbons (Fsp3) is 0.400. The summed E-state index contributed by atoms with van der Waals surface area (Å²) in [6, 6.07) is 3.26. The van der Waals surface area contributed by atoms with Crippen LogP contribution in [-0.4, -0.2) is 62.4 Å². The van der Waals surface area contributed by atoms with Gasteiger partial charge in [-0.3, -0.25) is 4.55 Å². The minimum atomic E-state index is -1.98. The molecule has 0 aliphatic carbocycles. The quantitative estimate of drug-likeness (QED) is 0.742. The number of aromatic nitrogens is 2. The minimum Gasteiger partial charge on any atom is -0.493 e. The van der Waals surface area contributed by atoms with E-state index in [0.717, 1.165) is 11.8 Å². The molecule has 2 heterocycles. The predicted octanol–water partition coefficient (Wildman–Crippen LogP) is 0.745. The third kappa shape index (κ3) is 3.84. The van der Waals surface area contributed by atoms with E-state index in [1.807, 2.05) is 4.90 Å². The van der Waals surface area contributed by atoms with E-state index in [0.29, 0.717) is 43.3 Å². The van der Waals surface area contributed by atoms with Crippen LogP contribution in [0.1, 0.15) is 6.42 Å². The summed E-state index contributed by atoms with van der Waals surface area (Å²) in [5.41, 5.74) is 5.65. The third-order valence-corrected chi connectivity index (χ3v) is 4.89. The van der Waals surface area contributed by atoms with Crippen molar-refractivity contribution in [2.24, 2.45) is 5.73 Å². The van der Waals surface area contributed by atoms with Gasteiger partial charge in [0.2, 0.25) is 11.3 Å². The molecule has 1 aromatic heterocycles. The van der Waals surface area contributed by atoms with Gasteiger partial charge in [-0.15, -0.1) is 0 Å². The first-order chi connectivity index (χ1) is 12.5. The molecule has 0 spiro atoms. The standard InChI is InChI=1S/C15H19N5O5S/c1-24-12-7-10-11(8-13(12)25-15(16)21)17-9-18-14(10)19-3-2-4-20(6-5-19)26(22)23/h7-9H,2-6H2,1H3,(H2,16,21)(H,22,23). The molecule has 1 amide bonds. The molecule has 11 heteroatoms. The average Bonchev–Trinajstić information content (AvgIpc) is 2.86. The zero-order chi connectivity index (χ0) is 18.7. The van der Waals surface area contributed by atoms with Gasteiger partial charge in [0.1, 0.15) is 12.1 Å². The number of methoxy groups -OCH3 is 1. The second kappa shape index (κ2) is 7.81. The first kappa shape index (κ1) is 18.3. The molecule has 0 radical (unpaired) electrons. The van der Waals surface area contributed by atoms with Crippen LogP contribution in [0.3, 0.4) is 0 Å². The molecule has 1 fully saturated rings. The van der Waals surface area contributed by atoms with Gasteiger partial charge in [-0.05, 0) is 12.5 Å². The summed E-state index contributed by atoms with van der Waals surface area (Å²) in [7, 11) is 1.46. The molecule has 1 aliphatic rings. The van der Waals surface area contributed by atoms with Crippen LogP contribution < -0.4 is 20.1 Å². The lowest BCUT2D eigenvalue weighted by Gasteiger charge is -2.23. The van der Waals surface area contributed by atoms with Crippen LogP contribution in [0.2, 0.25) is 0 Å². The van der Waals surface area contributed by atoms with Crippen LogP contribution in [0.25, 0.3) is 10.9 Å². The first-order valence-electron chi connectivity index (χ1n) is 7.90. The normalized spacial score (nSPS) is 16.9. The average molecular weight is 381 g/mol. The lowest BCUT2D eigenvalue weighted by atomic mass is 10.2. The van der Waals surface area contributed by atoms with Crippen LogP contribution in [0.15, 0.2) is 18.5 Å². The van der Waals surface area contributed by atoms with Crippen LogP contribution in [-0.2, 0) is 11.3 Å². The maximum Gasteiger partial charge on any atom is 0.410 e. The second-order valence-corrected chi connectivity index (χ2v) is 6.62. The number of nitrogens with zero attached hydrogens (tertiary/aromatic N) is 4. The summed E-state index contributed by atoms with van der Waals surface area (Å²) < 4.78 is 32.3. The fourth-order valence-corrected chi connectivity index (χ4v) is 3.43. The maximum atomic E-state index is 11.3. The molecule has 10 nitrogen and oxygen atoms in total. The van der Waals surface area contributed by atoms with Crippen molar-refractivity contribution in [1.82, 2.24) is 14.3 Å². The Labute approximate surface area is 152 Å². The van der Waals surface area contributed by atoms with E-state index < -0.39 is 17.4 Å². The number of hydrogen-bond donors (Lipinski definition) is 2. The number of ether oxygens (including phenoxy) is 2. The summed E-state index contributed by atoms with van der Waals surface area (Å²) in [5, 5.41) is 0.722. The van der Waals surface area contributed by atoms with E-state index in [4.69, 9.17) is 15.2 Å². The number of anilines is 1. The van der Waals surface area contributed by atoms with E-state index in [1.54, 1.807) is 12.1 Å². The number of carbonyl (C=O) groups is 1. The maximum absolute atomic E-state index is 11.3. The summed E-state index contributed by atoms with van der Waals surface area (Å²) in [6.07, 6.45) is 1.20. The molecule has 1 aliphatic heterocycles. The highest BCUT2D eigenvalue weighted by Gasteiger charge is 2.21. The molecule has 3 N–H and O–H groups in total. The van der Waals surface area contributed by atoms with Gasteiger partial charge in [-0.2, -0.15) is 4.31 Å². The fourth-order valence-electron chi connectivity index (χ4n) is 2.91. The highest BCUT2D eigenvalue weighted by molar-refractivity contribution is 7.76. The molecule has 1 unspecified atom stereocenters. The molecule has 1 saturated heterocycles. The largest absolute Gasteiger partial charge is 0.493 e. The van der Waals surface area contributed by atoms with Crippen molar-refractivity contribution in [3.8, 4) is 11.5 Å². The monoisotopic (exact) mass is 381 g/mol. The highest BCUT2D eigenvalue weighted by Crippen LogP contribution is 2.35. The van der Waals surface area contributed by atoms with E-state index >= 15 is 0 Å². The smallest absolute Gasteiger partial charge is 0.410 e. The summed E-state index contributed by atoms with van der Waals surface area (Å²) >= 11 is -1.98. The number of benzene rings is 1. The summed E-state index contributed by atoms with van der Waals surface area (Å²) in [6.45, 7) is 2.19. The second-order valence-electron chi connectivity index (χ2n) is 5.64. The van der Waals surface area contributed by atoms with Crippen LogP contribution in [0.4, 0.5) is 10.6 Å². The Hall–Kier alpha value is -2.50. The van der Waals surface area contributed by atoms with E-state index in [2.05, 4.69) is 9.97 Å². The molecule has 26 heavy (non-hydrogen) atoms. The lowest BCUT2D eigenvalue weighted by Crippen LogP contribution is -2.32. The molecule has 3 rings (SSSR count). The Morgan fingerprint density at radius 2 is 2.04 bits per heavy atom. The Bertz CT molecular complexity index is 849. The molecular formula is C15H19N5O5S. The van der Waals surface area contributed by atoms with Gasteiger partial charge < -0.3 is 20.1 Å².